The highest BCUT2D eigenvalue weighted by Crippen LogP contribution is 2.26. The molecule has 0 saturated heterocycles. The van der Waals surface area contributed by atoms with Crippen molar-refractivity contribution >= 4 is 16.0 Å². The first-order valence-corrected chi connectivity index (χ1v) is 9.19. The fourth-order valence-electron chi connectivity index (χ4n) is 2.89. The largest absolute Gasteiger partial charge is 0.481 e. The first-order chi connectivity index (χ1) is 11.5. The molecule has 2 N–H and O–H groups in total. The molecule has 1 saturated carbocycles. The van der Waals surface area contributed by atoms with Crippen molar-refractivity contribution in [1.29, 1.82) is 0 Å². The van der Waals surface area contributed by atoms with Gasteiger partial charge in [-0.25, -0.2) is 18.1 Å². The van der Waals surface area contributed by atoms with Crippen LogP contribution in [-0.2, 0) is 14.8 Å². The quantitative estimate of drug-likeness (QED) is 0.856. The zero-order chi connectivity index (χ0) is 17.2. The van der Waals surface area contributed by atoms with Crippen LogP contribution in [0.1, 0.15) is 25.7 Å². The van der Waals surface area contributed by atoms with E-state index in [0.717, 1.165) is 0 Å². The topological polar surface area (TPSA) is 110 Å². The molecule has 0 aliphatic heterocycles. The molecule has 1 aliphatic rings. The Morgan fingerprint density at radius 3 is 2.38 bits per heavy atom. The second kappa shape index (κ2) is 6.74. The fourth-order valence-corrected chi connectivity index (χ4v) is 4.19. The minimum atomic E-state index is -3.63. The lowest BCUT2D eigenvalue weighted by Gasteiger charge is -2.26. The second-order valence-electron chi connectivity index (χ2n) is 5.87. The van der Waals surface area contributed by atoms with E-state index in [4.69, 9.17) is 9.52 Å². The van der Waals surface area contributed by atoms with Gasteiger partial charge in [0.25, 0.3) is 0 Å². The Kier molecular flexibility index (Phi) is 4.68. The summed E-state index contributed by atoms with van der Waals surface area (Å²) in [5.74, 6) is -0.747. The smallest absolute Gasteiger partial charge is 0.306 e. The second-order valence-corrected chi connectivity index (χ2v) is 7.58. The van der Waals surface area contributed by atoms with Crippen LogP contribution in [0.5, 0.6) is 0 Å². The zero-order valence-electron chi connectivity index (χ0n) is 12.9. The number of aromatic nitrogens is 1. The molecule has 1 aromatic heterocycles. The van der Waals surface area contributed by atoms with Gasteiger partial charge < -0.3 is 9.52 Å². The number of benzene rings is 1. The molecule has 0 spiro atoms. The van der Waals surface area contributed by atoms with Crippen molar-refractivity contribution in [3.8, 4) is 11.5 Å². The maximum Gasteiger partial charge on any atom is 0.306 e. The molecule has 0 unspecified atom stereocenters. The van der Waals surface area contributed by atoms with Crippen LogP contribution >= 0.6 is 0 Å². The molecule has 3 rings (SSSR count). The Labute approximate surface area is 139 Å². The molecule has 1 aliphatic carbocycles. The highest BCUT2D eigenvalue weighted by Gasteiger charge is 2.28. The van der Waals surface area contributed by atoms with Crippen molar-refractivity contribution in [1.82, 2.24) is 9.71 Å². The summed E-state index contributed by atoms with van der Waals surface area (Å²) in [5.41, 5.74) is 0.695. The van der Waals surface area contributed by atoms with E-state index in [1.54, 1.807) is 12.1 Å². The van der Waals surface area contributed by atoms with Crippen molar-refractivity contribution in [2.75, 3.05) is 0 Å². The summed E-state index contributed by atoms with van der Waals surface area (Å²) >= 11 is 0. The number of rotatable bonds is 5. The first-order valence-electron chi connectivity index (χ1n) is 7.71. The number of hydrogen-bond donors (Lipinski definition) is 2. The summed E-state index contributed by atoms with van der Waals surface area (Å²) in [6.45, 7) is 0. The lowest BCUT2D eigenvalue weighted by molar-refractivity contribution is -0.142. The number of oxazole rings is 1. The van der Waals surface area contributed by atoms with Crippen LogP contribution < -0.4 is 4.72 Å². The molecule has 1 fully saturated rings. The highest BCUT2D eigenvalue weighted by atomic mass is 32.2. The predicted octanol–water partition coefficient (Wildman–Crippen LogP) is 2.26. The van der Waals surface area contributed by atoms with Crippen LogP contribution in [0.15, 0.2) is 46.0 Å². The number of nitrogens with one attached hydrogen (secondary N) is 1. The molecule has 1 heterocycles. The average molecular weight is 350 g/mol. The molecule has 1 aromatic carbocycles. The van der Waals surface area contributed by atoms with E-state index in [0.29, 0.717) is 37.1 Å². The van der Waals surface area contributed by atoms with Gasteiger partial charge in [0.15, 0.2) is 0 Å². The molecule has 7 nitrogen and oxygen atoms in total. The van der Waals surface area contributed by atoms with Gasteiger partial charge >= 0.3 is 5.97 Å². The van der Waals surface area contributed by atoms with E-state index in [1.807, 2.05) is 0 Å². The monoisotopic (exact) mass is 350 g/mol. The van der Waals surface area contributed by atoms with Crippen LogP contribution in [0.3, 0.4) is 0 Å². The molecule has 8 heteroatoms. The number of aliphatic carboxylic acids is 1. The predicted molar refractivity (Wildman–Crippen MR) is 85.6 cm³/mol. The summed E-state index contributed by atoms with van der Waals surface area (Å²) in [6.07, 6.45) is 5.02. The summed E-state index contributed by atoms with van der Waals surface area (Å²) in [7, 11) is -3.63. The van der Waals surface area contributed by atoms with Gasteiger partial charge in [-0.1, -0.05) is 0 Å². The maximum atomic E-state index is 12.4. The van der Waals surface area contributed by atoms with Crippen LogP contribution in [-0.4, -0.2) is 30.5 Å². The van der Waals surface area contributed by atoms with Crippen LogP contribution in [0, 0.1) is 5.92 Å². The van der Waals surface area contributed by atoms with Gasteiger partial charge in [-0.2, -0.15) is 0 Å². The Balaban J connectivity index is 1.66. The molecule has 0 radical (unpaired) electrons. The molecule has 2 aromatic rings. The normalized spacial score (nSPS) is 21.5. The van der Waals surface area contributed by atoms with Crippen LogP contribution in [0.4, 0.5) is 0 Å². The van der Waals surface area contributed by atoms with E-state index < -0.39 is 16.0 Å². The third kappa shape index (κ3) is 3.65. The molecule has 0 atom stereocenters. The third-order valence-corrected chi connectivity index (χ3v) is 5.78. The first kappa shape index (κ1) is 16.7. The highest BCUT2D eigenvalue weighted by molar-refractivity contribution is 7.89. The van der Waals surface area contributed by atoms with E-state index >= 15 is 0 Å². The Bertz CT molecular complexity index is 792. The van der Waals surface area contributed by atoms with E-state index in [2.05, 4.69) is 9.71 Å². The summed E-state index contributed by atoms with van der Waals surface area (Å²) < 4.78 is 32.7. The standard InChI is InChI=1S/C16H18N2O5S/c19-16(20)12-1-5-13(6-2-12)18-24(21,22)14-7-3-11(4-8-14)15-17-9-10-23-15/h3-4,7-10,12-13,18H,1-2,5-6H2,(H,19,20)/t12-,13-. The summed E-state index contributed by atoms with van der Waals surface area (Å²) in [5, 5.41) is 8.99. The lowest BCUT2D eigenvalue weighted by atomic mass is 9.87. The van der Waals surface area contributed by atoms with Gasteiger partial charge in [-0.3, -0.25) is 4.79 Å². The molecule has 0 bridgehead atoms. The Morgan fingerprint density at radius 1 is 1.17 bits per heavy atom. The summed E-state index contributed by atoms with van der Waals surface area (Å²) in [4.78, 5) is 15.1. The average Bonchev–Trinajstić information content (AvgIpc) is 3.09. The minimum Gasteiger partial charge on any atom is -0.481 e. The van der Waals surface area contributed by atoms with Gasteiger partial charge in [0, 0.05) is 11.6 Å². The Hall–Kier alpha value is -2.19. The van der Waals surface area contributed by atoms with Crippen molar-refractivity contribution < 1.29 is 22.7 Å². The van der Waals surface area contributed by atoms with Crippen molar-refractivity contribution in [2.24, 2.45) is 5.92 Å². The molecular weight excluding hydrogens is 332 g/mol. The van der Waals surface area contributed by atoms with Crippen LogP contribution in [0.2, 0.25) is 0 Å². The number of hydrogen-bond acceptors (Lipinski definition) is 5. The molecule has 128 valence electrons. The van der Waals surface area contributed by atoms with E-state index in [9.17, 15) is 13.2 Å². The minimum absolute atomic E-state index is 0.165. The number of carboxylic acid groups (broad SMARTS) is 1. The van der Waals surface area contributed by atoms with Gasteiger partial charge in [-0.15, -0.1) is 0 Å². The van der Waals surface area contributed by atoms with Gasteiger partial charge in [-0.05, 0) is 49.9 Å². The maximum absolute atomic E-state index is 12.4. The number of carboxylic acids is 1. The number of carbonyl (C=O) groups is 1. The third-order valence-electron chi connectivity index (χ3n) is 4.24. The van der Waals surface area contributed by atoms with Gasteiger partial charge in [0.2, 0.25) is 15.9 Å². The number of sulfonamides is 1. The SMILES string of the molecule is O=C(O)[C@H]1CC[C@H](NS(=O)(=O)c2ccc(-c3ncco3)cc2)CC1. The van der Waals surface area contributed by atoms with Crippen molar-refractivity contribution in [2.45, 2.75) is 36.6 Å². The molecule has 24 heavy (non-hydrogen) atoms. The van der Waals surface area contributed by atoms with Gasteiger partial charge in [0.05, 0.1) is 17.0 Å². The lowest BCUT2D eigenvalue weighted by Crippen LogP contribution is -2.38. The van der Waals surface area contributed by atoms with Crippen molar-refractivity contribution in [3.63, 3.8) is 0 Å². The van der Waals surface area contributed by atoms with E-state index in [1.165, 1.54) is 24.6 Å². The molecule has 0 amide bonds. The zero-order valence-corrected chi connectivity index (χ0v) is 13.7. The fraction of sp³-hybridized carbons (Fsp3) is 0.375. The number of nitrogens with zero attached hydrogens (tertiary/aromatic N) is 1. The summed E-state index contributed by atoms with van der Waals surface area (Å²) in [6, 6.07) is 6.07. The molecular formula is C16H18N2O5S. The van der Waals surface area contributed by atoms with E-state index in [-0.39, 0.29) is 16.9 Å². The van der Waals surface area contributed by atoms with Gasteiger partial charge in [0.1, 0.15) is 6.26 Å². The van der Waals surface area contributed by atoms with Crippen LogP contribution in [0.25, 0.3) is 11.5 Å². The van der Waals surface area contributed by atoms with Crippen molar-refractivity contribution in [3.05, 3.63) is 36.7 Å². The Morgan fingerprint density at radius 2 is 1.83 bits per heavy atom.